The number of imidazole rings is 1. The van der Waals surface area contributed by atoms with Crippen LogP contribution in [0.15, 0.2) is 104 Å². The summed E-state index contributed by atoms with van der Waals surface area (Å²) in [5.74, 6) is 0.978. The molecule has 0 bridgehead atoms. The van der Waals surface area contributed by atoms with Crippen molar-refractivity contribution in [2.75, 3.05) is 17.7 Å². The van der Waals surface area contributed by atoms with Gasteiger partial charge in [0.1, 0.15) is 23.8 Å². The van der Waals surface area contributed by atoms with Crippen LogP contribution in [0.25, 0.3) is 28.1 Å². The van der Waals surface area contributed by atoms with Gasteiger partial charge in [0.2, 0.25) is 12.2 Å². The normalized spacial score (nSPS) is 13.1. The van der Waals surface area contributed by atoms with E-state index in [2.05, 4.69) is 32.0 Å². The SMILES string of the molecule is COc1cccc(NC(=O)Nc2ccc3c4c(c(-n5cnc([N+](=O)[O-])c5)nc3c2)C(n2nnc(-c3ccccc3)n2)c2cc(C#N)ccc2C4)c1. The number of carbonyl (C=O) groups excluding carboxylic acids is 1. The predicted octanol–water partition coefficient (Wildman–Crippen LogP) is 6.05. The number of amides is 2. The van der Waals surface area contributed by atoms with Crippen molar-refractivity contribution in [3.8, 4) is 29.0 Å². The van der Waals surface area contributed by atoms with Crippen molar-refractivity contribution >= 4 is 34.1 Å². The Labute approximate surface area is 288 Å². The summed E-state index contributed by atoms with van der Waals surface area (Å²) in [6.45, 7) is 0. The number of pyridine rings is 1. The van der Waals surface area contributed by atoms with E-state index in [0.29, 0.717) is 51.8 Å². The minimum Gasteiger partial charge on any atom is -0.497 e. The summed E-state index contributed by atoms with van der Waals surface area (Å²) in [7, 11) is 1.55. The molecule has 1 aliphatic carbocycles. The molecule has 0 saturated carbocycles. The number of fused-ring (bicyclic) bond motifs is 4. The first-order valence-electron chi connectivity index (χ1n) is 15.6. The lowest BCUT2D eigenvalue weighted by atomic mass is 9.80. The smallest absolute Gasteiger partial charge is 0.381 e. The quantitative estimate of drug-likeness (QED) is 0.148. The number of aromatic nitrogens is 7. The Hall–Kier alpha value is -7.47. The van der Waals surface area contributed by atoms with Crippen molar-refractivity contribution in [1.29, 1.82) is 5.26 Å². The first kappa shape index (κ1) is 30.8. The Kier molecular flexibility index (Phi) is 7.57. The zero-order chi connectivity index (χ0) is 35.1. The molecule has 15 heteroatoms. The highest BCUT2D eigenvalue weighted by Gasteiger charge is 2.35. The number of benzene rings is 4. The molecule has 0 spiro atoms. The molecule has 7 aromatic rings. The van der Waals surface area contributed by atoms with Gasteiger partial charge in [-0.2, -0.15) is 10.1 Å². The van der Waals surface area contributed by atoms with Gasteiger partial charge >= 0.3 is 11.8 Å². The van der Waals surface area contributed by atoms with E-state index in [9.17, 15) is 20.2 Å². The van der Waals surface area contributed by atoms with Crippen LogP contribution in [-0.4, -0.2) is 52.8 Å². The molecule has 3 aromatic heterocycles. The molecular formula is C36H25N11O4. The van der Waals surface area contributed by atoms with Crippen molar-refractivity contribution < 1.29 is 14.5 Å². The summed E-state index contributed by atoms with van der Waals surface area (Å²) >= 11 is 0. The number of rotatable bonds is 7. The van der Waals surface area contributed by atoms with Crippen molar-refractivity contribution in [3.63, 3.8) is 0 Å². The average molecular weight is 676 g/mol. The molecule has 248 valence electrons. The van der Waals surface area contributed by atoms with Crippen LogP contribution in [-0.2, 0) is 6.42 Å². The molecule has 2 amide bonds. The van der Waals surface area contributed by atoms with E-state index in [-0.39, 0.29) is 5.82 Å². The number of nitro groups is 1. The fourth-order valence-corrected chi connectivity index (χ4v) is 6.31. The van der Waals surface area contributed by atoms with E-state index >= 15 is 0 Å². The maximum absolute atomic E-state index is 13.0. The average Bonchev–Trinajstić information content (AvgIpc) is 3.85. The molecule has 3 heterocycles. The molecule has 8 rings (SSSR count). The van der Waals surface area contributed by atoms with Gasteiger partial charge < -0.3 is 25.5 Å². The Balaban J connectivity index is 1.29. The molecule has 0 aliphatic heterocycles. The molecule has 1 unspecified atom stereocenters. The molecule has 1 aliphatic rings. The molecule has 15 nitrogen and oxygen atoms in total. The van der Waals surface area contributed by atoms with E-state index in [1.54, 1.807) is 55.6 Å². The zero-order valence-corrected chi connectivity index (χ0v) is 26.8. The highest BCUT2D eigenvalue weighted by molar-refractivity contribution is 6.01. The Morgan fingerprint density at radius 2 is 1.84 bits per heavy atom. The van der Waals surface area contributed by atoms with Crippen LogP contribution in [0.1, 0.15) is 33.9 Å². The molecule has 4 aromatic carbocycles. The summed E-state index contributed by atoms with van der Waals surface area (Å²) < 4.78 is 6.74. The van der Waals surface area contributed by atoms with Gasteiger partial charge in [0.25, 0.3) is 0 Å². The predicted molar refractivity (Wildman–Crippen MR) is 186 cm³/mol. The topological polar surface area (TPSA) is 192 Å². The van der Waals surface area contributed by atoms with E-state index in [1.165, 1.54) is 21.9 Å². The summed E-state index contributed by atoms with van der Waals surface area (Å²) in [6.07, 6.45) is 3.07. The molecule has 0 fully saturated rings. The highest BCUT2D eigenvalue weighted by Crippen LogP contribution is 2.43. The van der Waals surface area contributed by atoms with E-state index in [1.807, 2.05) is 42.5 Å². The number of carbonyl (C=O) groups is 1. The minimum atomic E-state index is -0.721. The van der Waals surface area contributed by atoms with Crippen molar-refractivity contribution in [1.82, 2.24) is 34.7 Å². The third-order valence-electron chi connectivity index (χ3n) is 8.60. The van der Waals surface area contributed by atoms with Gasteiger partial charge in [0.15, 0.2) is 0 Å². The number of nitriles is 1. The summed E-state index contributed by atoms with van der Waals surface area (Å²) in [4.78, 5) is 34.6. The van der Waals surface area contributed by atoms with Gasteiger partial charge in [0.05, 0.1) is 24.3 Å². The number of ether oxygens (including phenoxy) is 1. The second-order valence-electron chi connectivity index (χ2n) is 11.7. The largest absolute Gasteiger partial charge is 0.497 e. The number of nitrogens with zero attached hydrogens (tertiary/aromatic N) is 9. The molecule has 51 heavy (non-hydrogen) atoms. The fraction of sp³-hybridized carbons (Fsp3) is 0.0833. The standard InChI is InChI=1S/C36H25N11O4/c1-51-26-9-5-8-24(16-26)39-36(48)40-25-12-13-27-29-15-23-11-10-21(18-37)14-28(23)33(46-43-34(42-44-46)22-6-3-2-4-7-22)32(29)35(41-30(27)17-25)45-19-31(38-20-45)47(49)50/h2-14,16-17,19-20,33H,15H2,1H3,(H2,39,40,48). The van der Waals surface area contributed by atoms with Crippen molar-refractivity contribution in [3.05, 3.63) is 141 Å². The molecule has 0 radical (unpaired) electrons. The first-order valence-corrected chi connectivity index (χ1v) is 15.6. The summed E-state index contributed by atoms with van der Waals surface area (Å²) in [5, 5.41) is 41.6. The maximum Gasteiger partial charge on any atom is 0.381 e. The van der Waals surface area contributed by atoms with Gasteiger partial charge in [-0.05, 0) is 74.6 Å². The van der Waals surface area contributed by atoms with Gasteiger partial charge in [-0.25, -0.2) is 9.78 Å². The monoisotopic (exact) mass is 675 g/mol. The summed E-state index contributed by atoms with van der Waals surface area (Å²) in [6, 6.07) is 28.3. The maximum atomic E-state index is 13.0. The molecule has 0 saturated heterocycles. The molecule has 1 atom stereocenters. The Morgan fingerprint density at radius 3 is 2.61 bits per heavy atom. The van der Waals surface area contributed by atoms with Gasteiger partial charge in [-0.15, -0.1) is 10.2 Å². The number of urea groups is 1. The lowest BCUT2D eigenvalue weighted by Crippen LogP contribution is -2.25. The Bertz CT molecular complexity index is 2540. The Morgan fingerprint density at radius 1 is 1.02 bits per heavy atom. The van der Waals surface area contributed by atoms with Gasteiger partial charge in [0, 0.05) is 34.0 Å². The van der Waals surface area contributed by atoms with Crippen LogP contribution >= 0.6 is 0 Å². The lowest BCUT2D eigenvalue weighted by molar-refractivity contribution is -0.389. The van der Waals surface area contributed by atoms with Crippen LogP contribution in [0.4, 0.5) is 22.0 Å². The fourth-order valence-electron chi connectivity index (χ4n) is 6.31. The van der Waals surface area contributed by atoms with Crippen LogP contribution in [0.5, 0.6) is 5.75 Å². The number of tetrazole rings is 1. The second kappa shape index (κ2) is 12.5. The van der Waals surface area contributed by atoms with Crippen molar-refractivity contribution in [2.45, 2.75) is 12.5 Å². The number of anilines is 2. The van der Waals surface area contributed by atoms with E-state index < -0.39 is 17.0 Å². The zero-order valence-electron chi connectivity index (χ0n) is 26.8. The number of hydrogen-bond donors (Lipinski definition) is 2. The van der Waals surface area contributed by atoms with Crippen LogP contribution < -0.4 is 15.4 Å². The highest BCUT2D eigenvalue weighted by atomic mass is 16.6. The summed E-state index contributed by atoms with van der Waals surface area (Å²) in [5.41, 5.74) is 5.96. The number of methoxy groups -OCH3 is 1. The van der Waals surface area contributed by atoms with E-state index in [0.717, 1.165) is 27.6 Å². The number of hydrogen-bond acceptors (Lipinski definition) is 10. The number of nitrogens with one attached hydrogen (secondary N) is 2. The van der Waals surface area contributed by atoms with Gasteiger partial charge in [-0.3, -0.25) is 4.57 Å². The second-order valence-corrected chi connectivity index (χ2v) is 11.7. The van der Waals surface area contributed by atoms with Gasteiger partial charge in [-0.1, -0.05) is 48.5 Å². The third kappa shape index (κ3) is 5.72. The lowest BCUT2D eigenvalue weighted by Gasteiger charge is -2.30. The molecule has 2 N–H and O–H groups in total. The first-order chi connectivity index (χ1) is 24.9. The third-order valence-corrected chi connectivity index (χ3v) is 8.60. The van der Waals surface area contributed by atoms with Crippen LogP contribution in [0.3, 0.4) is 0 Å². The molecular weight excluding hydrogens is 650 g/mol. The minimum absolute atomic E-state index is 0.340. The van der Waals surface area contributed by atoms with Crippen molar-refractivity contribution in [2.24, 2.45) is 0 Å². The van der Waals surface area contributed by atoms with Crippen LogP contribution in [0, 0.1) is 21.4 Å². The van der Waals surface area contributed by atoms with E-state index in [4.69, 9.17) is 14.8 Å². The van der Waals surface area contributed by atoms with Crippen LogP contribution in [0.2, 0.25) is 0 Å².